The van der Waals surface area contributed by atoms with Crippen LogP contribution in [0.4, 0.5) is 15.9 Å². The number of hydrogen-bond donors (Lipinski definition) is 2. The maximum Gasteiger partial charge on any atom is 0.256 e. The zero-order valence-electron chi connectivity index (χ0n) is 15.6. The van der Waals surface area contributed by atoms with E-state index < -0.39 is 11.7 Å². The second-order valence-electron chi connectivity index (χ2n) is 7.43. The van der Waals surface area contributed by atoms with Crippen molar-refractivity contribution >= 4 is 23.3 Å². The number of halogens is 1. The van der Waals surface area contributed by atoms with Crippen LogP contribution in [-0.2, 0) is 11.2 Å². The maximum absolute atomic E-state index is 14.1. The van der Waals surface area contributed by atoms with E-state index in [2.05, 4.69) is 27.8 Å². The van der Waals surface area contributed by atoms with E-state index in [0.717, 1.165) is 31.0 Å². The Hall–Kier alpha value is -3.02. The molecule has 1 saturated carbocycles. The fourth-order valence-electron chi connectivity index (χ4n) is 4.04. The lowest BCUT2D eigenvalue weighted by molar-refractivity contribution is -0.120. The zero-order chi connectivity index (χ0) is 19.7. The smallest absolute Gasteiger partial charge is 0.256 e. The van der Waals surface area contributed by atoms with E-state index >= 15 is 0 Å². The van der Waals surface area contributed by atoms with E-state index in [4.69, 9.17) is 0 Å². The van der Waals surface area contributed by atoms with Crippen molar-refractivity contribution in [1.82, 2.24) is 4.98 Å². The van der Waals surface area contributed by atoms with Gasteiger partial charge in [0.25, 0.3) is 5.91 Å². The molecule has 5 nitrogen and oxygen atoms in total. The molecule has 2 aliphatic rings. The molecule has 2 aromatic rings. The number of carbonyl (C=O) groups is 2. The van der Waals surface area contributed by atoms with Gasteiger partial charge >= 0.3 is 0 Å². The minimum atomic E-state index is -0.578. The Morgan fingerprint density at radius 2 is 2.00 bits per heavy atom. The number of aryl methyl sites for hydroxylation is 1. The Kier molecular flexibility index (Phi) is 4.94. The van der Waals surface area contributed by atoms with Gasteiger partial charge in [-0.3, -0.25) is 9.59 Å². The van der Waals surface area contributed by atoms with E-state index in [-0.39, 0.29) is 29.0 Å². The second kappa shape index (κ2) is 7.54. The van der Waals surface area contributed by atoms with Gasteiger partial charge in [0.15, 0.2) is 0 Å². The van der Waals surface area contributed by atoms with Crippen molar-refractivity contribution in [3.8, 4) is 0 Å². The van der Waals surface area contributed by atoms with Crippen LogP contribution in [0.1, 0.15) is 35.8 Å². The number of nitrogens with one attached hydrogen (secondary N) is 2. The number of fused-ring (bicyclic) bond motifs is 2. The number of hydrogen-bond acceptors (Lipinski definition) is 3. The lowest BCUT2D eigenvalue weighted by atomic mass is 9.93. The fourth-order valence-corrected chi connectivity index (χ4v) is 4.04. The van der Waals surface area contributed by atoms with Crippen molar-refractivity contribution in [3.63, 3.8) is 0 Å². The molecule has 1 fully saturated rings. The highest BCUT2D eigenvalue weighted by atomic mass is 19.1. The number of pyridine rings is 1. The van der Waals surface area contributed by atoms with E-state index in [1.54, 1.807) is 6.07 Å². The topological polar surface area (TPSA) is 71.1 Å². The summed E-state index contributed by atoms with van der Waals surface area (Å²) in [5, 5.41) is 5.46. The van der Waals surface area contributed by atoms with Gasteiger partial charge in [-0.15, -0.1) is 0 Å². The number of benzene rings is 1. The van der Waals surface area contributed by atoms with Gasteiger partial charge in [0, 0.05) is 22.9 Å². The van der Waals surface area contributed by atoms with Gasteiger partial charge in [0.2, 0.25) is 5.91 Å². The molecular weight excluding hydrogens is 357 g/mol. The van der Waals surface area contributed by atoms with Crippen molar-refractivity contribution in [2.75, 3.05) is 10.6 Å². The third-order valence-corrected chi connectivity index (χ3v) is 5.45. The largest absolute Gasteiger partial charge is 0.326 e. The first-order valence-corrected chi connectivity index (χ1v) is 9.59. The molecular formula is C22H22FN3O2. The van der Waals surface area contributed by atoms with Crippen LogP contribution in [0.3, 0.4) is 0 Å². The van der Waals surface area contributed by atoms with Crippen molar-refractivity contribution in [3.05, 3.63) is 65.6 Å². The summed E-state index contributed by atoms with van der Waals surface area (Å²) < 4.78 is 14.1. The Morgan fingerprint density at radius 3 is 2.71 bits per heavy atom. The van der Waals surface area contributed by atoms with Gasteiger partial charge in [-0.2, -0.15) is 0 Å². The zero-order valence-corrected chi connectivity index (χ0v) is 15.6. The molecule has 2 bridgehead atoms. The van der Waals surface area contributed by atoms with Crippen LogP contribution in [-0.4, -0.2) is 16.8 Å². The average Bonchev–Trinajstić information content (AvgIpc) is 3.31. The molecule has 2 aliphatic carbocycles. The molecule has 1 heterocycles. The van der Waals surface area contributed by atoms with Crippen LogP contribution in [0, 0.1) is 23.6 Å². The molecule has 6 heteroatoms. The predicted molar refractivity (Wildman–Crippen MR) is 105 cm³/mol. The molecule has 4 rings (SSSR count). The monoisotopic (exact) mass is 379 g/mol. The number of aromatic nitrogens is 1. The number of anilines is 2. The second-order valence-corrected chi connectivity index (χ2v) is 7.43. The summed E-state index contributed by atoms with van der Waals surface area (Å²) in [6.07, 6.45) is 6.85. The van der Waals surface area contributed by atoms with Crippen LogP contribution in [0.5, 0.6) is 0 Å². The normalized spacial score (nSPS) is 22.3. The molecule has 0 aliphatic heterocycles. The van der Waals surface area contributed by atoms with E-state index in [1.165, 1.54) is 12.1 Å². The standard InChI is InChI=1S/C22H22FN3O2/c1-2-17-4-3-5-20(24-17)26-21(27)15-10-16(23)12-18(11-15)25-22(28)19-9-13-6-7-14(19)8-13/h3-7,10-14,19H,2,8-9H2,1H3,(H,25,28)(H,24,26,27)/t13-,14+,19-/m1/s1. The van der Waals surface area contributed by atoms with Gasteiger partial charge in [0.1, 0.15) is 11.6 Å². The Labute approximate surface area is 163 Å². The molecule has 1 aromatic heterocycles. The highest BCUT2D eigenvalue weighted by Crippen LogP contribution is 2.43. The predicted octanol–water partition coefficient (Wildman–Crippen LogP) is 4.19. The molecule has 28 heavy (non-hydrogen) atoms. The lowest BCUT2D eigenvalue weighted by Gasteiger charge is -2.18. The van der Waals surface area contributed by atoms with Gasteiger partial charge < -0.3 is 10.6 Å². The highest BCUT2D eigenvalue weighted by Gasteiger charge is 2.39. The molecule has 0 saturated heterocycles. The summed E-state index contributed by atoms with van der Waals surface area (Å²) >= 11 is 0. The minimum Gasteiger partial charge on any atom is -0.326 e. The lowest BCUT2D eigenvalue weighted by Crippen LogP contribution is -2.26. The summed E-state index contributed by atoms with van der Waals surface area (Å²) in [6.45, 7) is 1.97. The molecule has 0 spiro atoms. The van der Waals surface area contributed by atoms with Gasteiger partial charge in [-0.25, -0.2) is 9.37 Å². The van der Waals surface area contributed by atoms with Crippen LogP contribution in [0.15, 0.2) is 48.6 Å². The van der Waals surface area contributed by atoms with E-state index in [0.29, 0.717) is 11.7 Å². The molecule has 144 valence electrons. The maximum atomic E-state index is 14.1. The first kappa shape index (κ1) is 18.3. The van der Waals surface area contributed by atoms with Crippen molar-refractivity contribution < 1.29 is 14.0 Å². The number of nitrogens with zero attached hydrogens (tertiary/aromatic N) is 1. The minimum absolute atomic E-state index is 0.0865. The number of amides is 2. The van der Waals surface area contributed by atoms with Crippen LogP contribution >= 0.6 is 0 Å². The number of rotatable bonds is 5. The molecule has 2 amide bonds. The molecule has 2 N–H and O–H groups in total. The van der Waals surface area contributed by atoms with Crippen LogP contribution in [0.2, 0.25) is 0 Å². The Balaban J connectivity index is 1.47. The highest BCUT2D eigenvalue weighted by molar-refractivity contribution is 6.05. The van der Waals surface area contributed by atoms with Gasteiger partial charge in [-0.05, 0) is 61.4 Å². The van der Waals surface area contributed by atoms with E-state index in [1.807, 2.05) is 19.1 Å². The fraction of sp³-hybridized carbons (Fsp3) is 0.318. The third kappa shape index (κ3) is 3.81. The summed E-state index contributed by atoms with van der Waals surface area (Å²) in [4.78, 5) is 29.4. The quantitative estimate of drug-likeness (QED) is 0.766. The van der Waals surface area contributed by atoms with Crippen LogP contribution < -0.4 is 10.6 Å². The SMILES string of the molecule is CCc1cccc(NC(=O)c2cc(F)cc(NC(=O)[C@@H]3C[C@@H]4C=C[C@H]3C4)c2)n1. The molecule has 1 aromatic carbocycles. The molecule has 3 atom stereocenters. The summed E-state index contributed by atoms with van der Waals surface area (Å²) in [7, 11) is 0. The van der Waals surface area contributed by atoms with Gasteiger partial charge in [0.05, 0.1) is 0 Å². The van der Waals surface area contributed by atoms with Crippen LogP contribution in [0.25, 0.3) is 0 Å². The summed E-state index contributed by atoms with van der Waals surface area (Å²) in [6, 6.07) is 9.23. The summed E-state index contributed by atoms with van der Waals surface area (Å²) in [5.74, 6) is -0.112. The Morgan fingerprint density at radius 1 is 1.14 bits per heavy atom. The Bertz CT molecular complexity index is 957. The average molecular weight is 379 g/mol. The summed E-state index contributed by atoms with van der Waals surface area (Å²) in [5.41, 5.74) is 1.27. The van der Waals surface area contributed by atoms with Gasteiger partial charge in [-0.1, -0.05) is 25.1 Å². The third-order valence-electron chi connectivity index (χ3n) is 5.45. The van der Waals surface area contributed by atoms with Crippen molar-refractivity contribution in [1.29, 1.82) is 0 Å². The first-order chi connectivity index (χ1) is 13.5. The first-order valence-electron chi connectivity index (χ1n) is 9.59. The number of allylic oxidation sites excluding steroid dienone is 2. The van der Waals surface area contributed by atoms with Crippen molar-refractivity contribution in [2.45, 2.75) is 26.2 Å². The van der Waals surface area contributed by atoms with Crippen molar-refractivity contribution in [2.24, 2.45) is 17.8 Å². The molecule has 0 unspecified atom stereocenters. The molecule has 0 radical (unpaired) electrons. The van der Waals surface area contributed by atoms with E-state index in [9.17, 15) is 14.0 Å². The number of carbonyl (C=O) groups excluding carboxylic acids is 2.